The molecule has 0 aliphatic heterocycles. The molecule has 4 heteroatoms. The Morgan fingerprint density at radius 1 is 1.17 bits per heavy atom. The number of hydrogen-bond donors (Lipinski definition) is 2. The first-order chi connectivity index (χ1) is 8.70. The van der Waals surface area contributed by atoms with Crippen LogP contribution < -0.4 is 10.5 Å². The van der Waals surface area contributed by atoms with Crippen molar-refractivity contribution in [3.63, 3.8) is 0 Å². The number of rotatable bonds is 4. The molecule has 0 aromatic heterocycles. The first-order valence-electron chi connectivity index (χ1n) is 5.56. The Bertz CT molecular complexity index is 543. The second kappa shape index (κ2) is 5.51. The second-order valence-electron chi connectivity index (χ2n) is 3.91. The minimum absolute atomic E-state index is 0.0910. The van der Waals surface area contributed by atoms with E-state index in [0.29, 0.717) is 16.9 Å². The van der Waals surface area contributed by atoms with Crippen LogP contribution in [0, 0.1) is 5.82 Å². The van der Waals surface area contributed by atoms with Crippen molar-refractivity contribution in [2.75, 3.05) is 5.73 Å². The van der Waals surface area contributed by atoms with Gasteiger partial charge in [0.15, 0.2) is 0 Å². The predicted octanol–water partition coefficient (Wildman–Crippen LogP) is 2.48. The summed E-state index contributed by atoms with van der Waals surface area (Å²) in [7, 11) is 0. The molecule has 3 nitrogen and oxygen atoms in total. The Morgan fingerprint density at radius 2 is 1.94 bits per heavy atom. The molecule has 0 saturated carbocycles. The number of nitrogen functional groups attached to an aromatic ring is 1. The van der Waals surface area contributed by atoms with Crippen molar-refractivity contribution in [3.8, 4) is 5.75 Å². The number of hydrogen-bond acceptors (Lipinski definition) is 3. The van der Waals surface area contributed by atoms with E-state index in [1.165, 1.54) is 12.1 Å². The van der Waals surface area contributed by atoms with E-state index in [-0.39, 0.29) is 18.9 Å². The maximum Gasteiger partial charge on any atom is 0.146 e. The number of anilines is 1. The molecule has 0 saturated heterocycles. The lowest BCUT2D eigenvalue weighted by Crippen LogP contribution is -2.00. The zero-order chi connectivity index (χ0) is 13.0. The first kappa shape index (κ1) is 12.4. The van der Waals surface area contributed by atoms with Crippen LogP contribution in [0.3, 0.4) is 0 Å². The highest BCUT2D eigenvalue weighted by Crippen LogP contribution is 2.20. The summed E-state index contributed by atoms with van der Waals surface area (Å²) in [6, 6.07) is 11.7. The summed E-state index contributed by atoms with van der Waals surface area (Å²) in [6.07, 6.45) is 0. The van der Waals surface area contributed by atoms with Crippen LogP contribution in [0.15, 0.2) is 42.5 Å². The molecule has 0 aliphatic carbocycles. The van der Waals surface area contributed by atoms with Gasteiger partial charge in [0.1, 0.15) is 18.2 Å². The van der Waals surface area contributed by atoms with Crippen LogP contribution in [0.4, 0.5) is 10.1 Å². The van der Waals surface area contributed by atoms with Gasteiger partial charge in [0.25, 0.3) is 0 Å². The molecule has 0 spiro atoms. The van der Waals surface area contributed by atoms with Gasteiger partial charge >= 0.3 is 0 Å². The molecule has 2 rings (SSSR count). The fraction of sp³-hybridized carbons (Fsp3) is 0.143. The van der Waals surface area contributed by atoms with Crippen molar-refractivity contribution >= 4 is 5.69 Å². The van der Waals surface area contributed by atoms with Crippen LogP contribution in [0.1, 0.15) is 11.1 Å². The number of ether oxygens (including phenoxy) is 1. The molecule has 0 fully saturated rings. The first-order valence-corrected chi connectivity index (χ1v) is 5.56. The Labute approximate surface area is 105 Å². The van der Waals surface area contributed by atoms with Crippen molar-refractivity contribution in [1.82, 2.24) is 0 Å². The van der Waals surface area contributed by atoms with Crippen molar-refractivity contribution in [1.29, 1.82) is 0 Å². The summed E-state index contributed by atoms with van der Waals surface area (Å²) in [5.74, 6) is 0.142. The summed E-state index contributed by atoms with van der Waals surface area (Å²) in [5.41, 5.74) is 6.90. The van der Waals surface area contributed by atoms with Gasteiger partial charge in [-0.2, -0.15) is 0 Å². The lowest BCUT2D eigenvalue weighted by molar-refractivity contribution is 0.259. The third-order valence-corrected chi connectivity index (χ3v) is 2.60. The predicted molar refractivity (Wildman–Crippen MR) is 67.5 cm³/mol. The van der Waals surface area contributed by atoms with Crippen LogP contribution >= 0.6 is 0 Å². The highest BCUT2D eigenvalue weighted by atomic mass is 19.1. The quantitative estimate of drug-likeness (QED) is 0.816. The van der Waals surface area contributed by atoms with E-state index in [4.69, 9.17) is 15.6 Å². The summed E-state index contributed by atoms with van der Waals surface area (Å²) < 4.78 is 18.8. The fourth-order valence-electron chi connectivity index (χ4n) is 1.60. The highest BCUT2D eigenvalue weighted by Gasteiger charge is 2.04. The topological polar surface area (TPSA) is 55.5 Å². The minimum Gasteiger partial charge on any atom is -0.489 e. The van der Waals surface area contributed by atoms with Gasteiger partial charge in [0.05, 0.1) is 12.3 Å². The maximum absolute atomic E-state index is 13.2. The third-order valence-electron chi connectivity index (χ3n) is 2.60. The fourth-order valence-corrected chi connectivity index (χ4v) is 1.60. The second-order valence-corrected chi connectivity index (χ2v) is 3.91. The Kier molecular flexibility index (Phi) is 3.79. The molecule has 94 valence electrons. The molecule has 0 radical (unpaired) electrons. The maximum atomic E-state index is 13.2. The Morgan fingerprint density at radius 3 is 2.67 bits per heavy atom. The summed E-state index contributed by atoms with van der Waals surface area (Å²) in [5, 5.41) is 9.14. The van der Waals surface area contributed by atoms with Crippen LogP contribution in [-0.4, -0.2) is 5.11 Å². The molecule has 0 atom stereocenters. The van der Waals surface area contributed by atoms with Crippen LogP contribution in [0.2, 0.25) is 0 Å². The molecule has 2 aromatic rings. The SMILES string of the molecule is Nc1ccc(COc2ccccc2CO)cc1F. The zero-order valence-corrected chi connectivity index (χ0v) is 9.77. The molecule has 3 N–H and O–H groups in total. The number of halogens is 1. The standard InChI is InChI=1S/C14H14FNO2/c15-12-7-10(5-6-13(12)16)9-18-14-4-2-1-3-11(14)8-17/h1-7,17H,8-9,16H2. The monoisotopic (exact) mass is 247 g/mol. The van der Waals surface area contributed by atoms with Crippen molar-refractivity contribution in [3.05, 3.63) is 59.4 Å². The molecule has 0 aliphatic rings. The zero-order valence-electron chi connectivity index (χ0n) is 9.77. The lowest BCUT2D eigenvalue weighted by Gasteiger charge is -2.10. The minimum atomic E-state index is -0.452. The van der Waals surface area contributed by atoms with Crippen LogP contribution in [-0.2, 0) is 13.2 Å². The van der Waals surface area contributed by atoms with E-state index in [1.54, 1.807) is 18.2 Å². The molecule has 0 bridgehead atoms. The number of aliphatic hydroxyl groups excluding tert-OH is 1. The number of nitrogens with two attached hydrogens (primary N) is 1. The summed E-state index contributed by atoms with van der Waals surface area (Å²) >= 11 is 0. The van der Waals surface area contributed by atoms with Crippen LogP contribution in [0.25, 0.3) is 0 Å². The van der Waals surface area contributed by atoms with Crippen LogP contribution in [0.5, 0.6) is 5.75 Å². The average molecular weight is 247 g/mol. The van der Waals surface area contributed by atoms with Crippen molar-refractivity contribution in [2.45, 2.75) is 13.2 Å². The van der Waals surface area contributed by atoms with E-state index in [2.05, 4.69) is 0 Å². The van der Waals surface area contributed by atoms with Gasteiger partial charge in [-0.25, -0.2) is 4.39 Å². The lowest BCUT2D eigenvalue weighted by atomic mass is 10.2. The molecular weight excluding hydrogens is 233 g/mol. The summed E-state index contributed by atoms with van der Waals surface area (Å²) in [6.45, 7) is 0.139. The third kappa shape index (κ3) is 2.78. The molecule has 2 aromatic carbocycles. The number of para-hydroxylation sites is 1. The van der Waals surface area contributed by atoms with Gasteiger partial charge in [-0.3, -0.25) is 0 Å². The average Bonchev–Trinajstić information content (AvgIpc) is 2.40. The van der Waals surface area contributed by atoms with Gasteiger partial charge in [-0.1, -0.05) is 24.3 Å². The number of aliphatic hydroxyl groups is 1. The van der Waals surface area contributed by atoms with Gasteiger partial charge in [-0.15, -0.1) is 0 Å². The molecule has 0 amide bonds. The normalized spacial score (nSPS) is 10.3. The summed E-state index contributed by atoms with van der Waals surface area (Å²) in [4.78, 5) is 0. The largest absolute Gasteiger partial charge is 0.489 e. The number of benzene rings is 2. The molecule has 0 unspecified atom stereocenters. The van der Waals surface area contributed by atoms with E-state index < -0.39 is 5.82 Å². The van der Waals surface area contributed by atoms with E-state index >= 15 is 0 Å². The Hall–Kier alpha value is -2.07. The van der Waals surface area contributed by atoms with E-state index in [1.807, 2.05) is 12.1 Å². The molecule has 18 heavy (non-hydrogen) atoms. The molecule has 0 heterocycles. The van der Waals surface area contributed by atoms with Gasteiger partial charge in [0, 0.05) is 5.56 Å². The van der Waals surface area contributed by atoms with Crippen molar-refractivity contribution < 1.29 is 14.2 Å². The van der Waals surface area contributed by atoms with E-state index in [9.17, 15) is 4.39 Å². The van der Waals surface area contributed by atoms with Gasteiger partial charge in [0.2, 0.25) is 0 Å². The Balaban J connectivity index is 2.09. The van der Waals surface area contributed by atoms with E-state index in [0.717, 1.165) is 0 Å². The van der Waals surface area contributed by atoms with Crippen molar-refractivity contribution in [2.24, 2.45) is 0 Å². The molecular formula is C14H14FNO2. The van der Waals surface area contributed by atoms with Gasteiger partial charge in [-0.05, 0) is 23.8 Å². The smallest absolute Gasteiger partial charge is 0.146 e. The van der Waals surface area contributed by atoms with Gasteiger partial charge < -0.3 is 15.6 Å². The highest BCUT2D eigenvalue weighted by molar-refractivity contribution is 5.41.